The van der Waals surface area contributed by atoms with Crippen LogP contribution in [0, 0.1) is 0 Å². The average Bonchev–Trinajstić information content (AvgIpc) is 2.88. The van der Waals surface area contributed by atoms with E-state index in [4.69, 9.17) is 19.7 Å². The Labute approximate surface area is 236 Å². The van der Waals surface area contributed by atoms with Gasteiger partial charge in [0.1, 0.15) is 11.5 Å². The molecule has 0 aromatic heterocycles. The van der Waals surface area contributed by atoms with Crippen LogP contribution in [-0.4, -0.2) is 56.9 Å². The standard InChI is InChI=1S/2C14H14O5.Cu/c2*1-3-14(17)19-9-18-12-6-4-11(5-7-12)13(16)8-10(2)15;/h2*3-8,15H,1,9H2,2H3;/p+2/b2*10-8-;. The zero-order valence-electron chi connectivity index (χ0n) is 21.3. The Hall–Kier alpha value is -4.60. The Kier molecular flexibility index (Phi) is 16.4. The fourth-order valence-electron chi connectivity index (χ4n) is 2.44. The second kappa shape index (κ2) is 18.6. The monoisotopic (exact) mass is 589 g/mol. The van der Waals surface area contributed by atoms with Gasteiger partial charge in [-0.15, -0.1) is 0 Å². The van der Waals surface area contributed by atoms with E-state index in [-0.39, 0.29) is 53.7 Å². The van der Waals surface area contributed by atoms with Crippen molar-refractivity contribution in [3.63, 3.8) is 0 Å². The molecule has 0 amide bonds. The van der Waals surface area contributed by atoms with Crippen molar-refractivity contribution < 1.29 is 65.4 Å². The van der Waals surface area contributed by atoms with E-state index >= 15 is 0 Å². The maximum absolute atomic E-state index is 10.8. The molecule has 0 aliphatic carbocycles. The topological polar surface area (TPSA) is 154 Å². The summed E-state index contributed by atoms with van der Waals surface area (Å²) in [5.41, 5.74) is 1.06. The first kappa shape index (κ1) is 34.4. The maximum Gasteiger partial charge on any atom is 0.350 e. The van der Waals surface area contributed by atoms with Crippen molar-refractivity contribution in [1.82, 2.24) is 0 Å². The van der Waals surface area contributed by atoms with Crippen LogP contribution in [0.3, 0.4) is 0 Å². The number of carbonyl (C=O) groups excluding carboxylic acids is 4. The van der Waals surface area contributed by atoms with Gasteiger partial charge in [0.05, 0.1) is 34.8 Å². The van der Waals surface area contributed by atoms with Crippen LogP contribution in [0.4, 0.5) is 0 Å². The molecule has 0 aliphatic heterocycles. The van der Waals surface area contributed by atoms with Crippen molar-refractivity contribution in [3.8, 4) is 11.5 Å². The van der Waals surface area contributed by atoms with Crippen LogP contribution in [0.5, 0.6) is 11.5 Å². The predicted molar refractivity (Wildman–Crippen MR) is 141 cm³/mol. The molecule has 0 saturated carbocycles. The Morgan fingerprint density at radius 1 is 0.718 bits per heavy atom. The summed E-state index contributed by atoms with van der Waals surface area (Å²) in [5, 5.41) is 18.1. The third kappa shape index (κ3) is 14.7. The fourth-order valence-corrected chi connectivity index (χ4v) is 2.44. The summed E-state index contributed by atoms with van der Waals surface area (Å²) >= 11 is 0. The Bertz CT molecular complexity index is 1090. The SMILES string of the molecule is C=CC(=O)OCOc1ccc(C(=[OH+])/C=C(/C)O)cc1.C=CC(=O)OCOc1ccc(C(=[OH+])/C=C(/C)O)cc1.[Cu]. The molecular formula is C28H30CuO10+2. The van der Waals surface area contributed by atoms with Crippen LogP contribution in [0.25, 0.3) is 0 Å². The van der Waals surface area contributed by atoms with Crippen molar-refractivity contribution in [2.45, 2.75) is 13.8 Å². The van der Waals surface area contributed by atoms with Crippen LogP contribution in [0.15, 0.2) is 97.5 Å². The number of ether oxygens (including phenoxy) is 4. The Morgan fingerprint density at radius 3 is 1.28 bits per heavy atom. The van der Waals surface area contributed by atoms with Crippen molar-refractivity contribution in [2.24, 2.45) is 0 Å². The van der Waals surface area contributed by atoms with Gasteiger partial charge in [0.25, 0.3) is 0 Å². The van der Waals surface area contributed by atoms with Gasteiger partial charge < -0.3 is 29.2 Å². The minimum atomic E-state index is -0.564. The molecule has 0 fully saturated rings. The van der Waals surface area contributed by atoms with Crippen molar-refractivity contribution in [3.05, 3.63) is 109 Å². The average molecular weight is 590 g/mol. The maximum atomic E-state index is 10.8. The van der Waals surface area contributed by atoms with Crippen molar-refractivity contribution in [2.75, 3.05) is 13.6 Å². The molecular weight excluding hydrogens is 560 g/mol. The summed E-state index contributed by atoms with van der Waals surface area (Å²) in [4.78, 5) is 40.8. The van der Waals surface area contributed by atoms with E-state index in [1.54, 1.807) is 48.5 Å². The van der Waals surface area contributed by atoms with Gasteiger partial charge in [-0.1, -0.05) is 13.2 Å². The first-order valence-electron chi connectivity index (χ1n) is 11.0. The number of esters is 2. The Balaban J connectivity index is 0.000000722. The van der Waals surface area contributed by atoms with Gasteiger partial charge in [-0.05, 0) is 62.4 Å². The van der Waals surface area contributed by atoms with Gasteiger partial charge in [-0.25, -0.2) is 9.59 Å². The normalized spacial score (nSPS) is 10.4. The van der Waals surface area contributed by atoms with Gasteiger partial charge in [-0.3, -0.25) is 9.59 Å². The van der Waals surface area contributed by atoms with Crippen molar-refractivity contribution in [1.29, 1.82) is 0 Å². The third-order valence-electron chi connectivity index (χ3n) is 4.18. The predicted octanol–water partition coefficient (Wildman–Crippen LogP) is 4.21. The molecule has 2 rings (SSSR count). The summed E-state index contributed by atoms with van der Waals surface area (Å²) in [6.45, 7) is 9.00. The van der Waals surface area contributed by atoms with Crippen LogP contribution in [0.1, 0.15) is 25.0 Å². The molecule has 2 aromatic carbocycles. The fraction of sp³-hybridized carbons (Fsp3) is 0.143. The molecule has 0 heterocycles. The van der Waals surface area contributed by atoms with Gasteiger partial charge >= 0.3 is 23.5 Å². The molecule has 211 valence electrons. The molecule has 0 aliphatic rings. The quantitative estimate of drug-likeness (QED) is 0.0709. The molecule has 10 nitrogen and oxygen atoms in total. The van der Waals surface area contributed by atoms with Crippen LogP contribution >= 0.6 is 0 Å². The zero-order valence-corrected chi connectivity index (χ0v) is 22.2. The first-order valence-corrected chi connectivity index (χ1v) is 11.0. The molecule has 1 radical (unpaired) electrons. The van der Waals surface area contributed by atoms with Gasteiger partial charge in [0, 0.05) is 29.2 Å². The molecule has 39 heavy (non-hydrogen) atoms. The zero-order chi connectivity index (χ0) is 28.5. The number of hydrogen-bond acceptors (Lipinski definition) is 8. The molecule has 4 N–H and O–H groups in total. The van der Waals surface area contributed by atoms with E-state index in [1.807, 2.05) is 0 Å². The molecule has 11 heteroatoms. The summed E-state index contributed by atoms with van der Waals surface area (Å²) in [6.07, 6.45) is 4.56. The van der Waals surface area contributed by atoms with E-state index in [0.29, 0.717) is 22.6 Å². The van der Waals surface area contributed by atoms with Gasteiger partial charge in [-0.2, -0.15) is 0 Å². The van der Waals surface area contributed by atoms with E-state index in [2.05, 4.69) is 22.6 Å². The first-order chi connectivity index (χ1) is 18.0. The molecule has 0 atom stereocenters. The Morgan fingerprint density at radius 2 is 1.03 bits per heavy atom. The number of carbonyl (C=O) groups is 2. The third-order valence-corrected chi connectivity index (χ3v) is 4.18. The van der Waals surface area contributed by atoms with E-state index in [0.717, 1.165) is 12.2 Å². The summed E-state index contributed by atoms with van der Waals surface area (Å²) < 4.78 is 19.6. The van der Waals surface area contributed by atoms with E-state index in [9.17, 15) is 19.2 Å². The second-order valence-electron chi connectivity index (χ2n) is 7.25. The number of allylic oxidation sites excluding steroid dienone is 4. The number of aliphatic hydroxyl groups excluding tert-OH is 2. The minimum Gasteiger partial charge on any atom is -0.512 e. The molecule has 0 unspecified atom stereocenters. The van der Waals surface area contributed by atoms with Crippen LogP contribution < -0.4 is 9.47 Å². The van der Waals surface area contributed by atoms with Gasteiger partial charge in [0.15, 0.2) is 0 Å². The largest absolute Gasteiger partial charge is 0.512 e. The number of ketones is 2. The van der Waals surface area contributed by atoms with E-state index < -0.39 is 11.9 Å². The van der Waals surface area contributed by atoms with Crippen LogP contribution in [0.2, 0.25) is 0 Å². The number of benzene rings is 2. The van der Waals surface area contributed by atoms with Crippen molar-refractivity contribution >= 4 is 23.5 Å². The minimum absolute atomic E-state index is 0. The summed E-state index contributed by atoms with van der Waals surface area (Å²) in [6, 6.07) is 12.9. The number of aliphatic hydroxyl groups is 2. The summed E-state index contributed by atoms with van der Waals surface area (Å²) in [5.74, 6) is -0.244. The van der Waals surface area contributed by atoms with Gasteiger partial charge in [0.2, 0.25) is 13.6 Å². The smallest absolute Gasteiger partial charge is 0.350 e. The molecule has 0 spiro atoms. The number of hydrogen-bond donors (Lipinski definition) is 2. The number of rotatable bonds is 12. The van der Waals surface area contributed by atoms with Crippen LogP contribution in [-0.2, 0) is 36.1 Å². The molecule has 0 saturated heterocycles. The molecule has 0 bridgehead atoms. The molecule has 2 aromatic rings. The summed E-state index contributed by atoms with van der Waals surface area (Å²) in [7, 11) is 0. The second-order valence-corrected chi connectivity index (χ2v) is 7.25. The van der Waals surface area contributed by atoms with E-state index in [1.165, 1.54) is 26.0 Å².